The van der Waals surface area contributed by atoms with E-state index in [1.807, 2.05) is 0 Å². The first kappa shape index (κ1) is 13.7. The van der Waals surface area contributed by atoms with Gasteiger partial charge in [0.1, 0.15) is 0 Å². The minimum absolute atomic E-state index is 0.385. The Bertz CT molecular complexity index is 147. The summed E-state index contributed by atoms with van der Waals surface area (Å²) in [4.78, 5) is 0. The second kappa shape index (κ2) is 4.96. The Hall–Kier alpha value is 0.690. The van der Waals surface area contributed by atoms with Crippen LogP contribution in [0.5, 0.6) is 0 Å². The van der Waals surface area contributed by atoms with Crippen molar-refractivity contribution in [1.29, 1.82) is 0 Å². The molecule has 0 aliphatic carbocycles. The second-order valence-corrected chi connectivity index (χ2v) is 6.55. The molecule has 13 heavy (non-hydrogen) atoms. The minimum atomic E-state index is 0.385. The van der Waals surface area contributed by atoms with Gasteiger partial charge in [-0.2, -0.15) is 0 Å². The number of alkyl halides is 1. The summed E-state index contributed by atoms with van der Waals surface area (Å²) < 4.78 is 1.20. The van der Waals surface area contributed by atoms with Gasteiger partial charge in [-0.1, -0.05) is 57.2 Å². The quantitative estimate of drug-likeness (QED) is 0.619. The number of hydrogen-bond acceptors (Lipinski definition) is 1. The number of rotatable bonds is 4. The molecule has 0 heterocycles. The third-order valence-electron chi connectivity index (χ3n) is 2.46. The van der Waals surface area contributed by atoms with Gasteiger partial charge in [0.25, 0.3) is 0 Å². The van der Waals surface area contributed by atoms with Crippen molar-refractivity contribution in [2.75, 3.05) is 11.0 Å². The Labute approximate surface area is 97.2 Å². The predicted molar refractivity (Wildman–Crippen MR) is 69.6 cm³/mol. The molecule has 0 aromatic rings. The van der Waals surface area contributed by atoms with Crippen LogP contribution < -0.4 is 5.32 Å². The van der Waals surface area contributed by atoms with E-state index in [1.165, 1.54) is 4.43 Å². The summed E-state index contributed by atoms with van der Waals surface area (Å²) in [5.74, 6) is 0. The first-order valence-corrected chi connectivity index (χ1v) is 6.51. The van der Waals surface area contributed by atoms with Crippen LogP contribution in [-0.4, -0.2) is 17.0 Å². The van der Waals surface area contributed by atoms with Crippen molar-refractivity contribution in [2.24, 2.45) is 10.8 Å². The Kier molecular flexibility index (Phi) is 5.23. The summed E-state index contributed by atoms with van der Waals surface area (Å²) in [5.41, 5.74) is 0.779. The lowest BCUT2D eigenvalue weighted by Crippen LogP contribution is -2.43. The van der Waals surface area contributed by atoms with E-state index in [0.717, 1.165) is 6.54 Å². The number of hydrogen-bond donors (Lipinski definition) is 1. The van der Waals surface area contributed by atoms with Crippen molar-refractivity contribution >= 4 is 22.6 Å². The van der Waals surface area contributed by atoms with Crippen molar-refractivity contribution in [1.82, 2.24) is 5.32 Å². The standard InChI is InChI=1S/C11H24IN/c1-9(11(5,6)7-12)13-8-10(2,3)4/h9,13H,7-8H2,1-6H3/t9-/m1/s1. The van der Waals surface area contributed by atoms with Crippen LogP contribution in [0.1, 0.15) is 41.5 Å². The maximum Gasteiger partial charge on any atom is 0.00974 e. The highest BCUT2D eigenvalue weighted by atomic mass is 127. The molecule has 0 aliphatic heterocycles. The van der Waals surface area contributed by atoms with Crippen molar-refractivity contribution in [3.8, 4) is 0 Å². The van der Waals surface area contributed by atoms with Gasteiger partial charge in [-0.25, -0.2) is 0 Å². The van der Waals surface area contributed by atoms with Crippen LogP contribution in [0.15, 0.2) is 0 Å². The van der Waals surface area contributed by atoms with Gasteiger partial charge < -0.3 is 5.32 Å². The van der Waals surface area contributed by atoms with E-state index in [-0.39, 0.29) is 0 Å². The zero-order valence-electron chi connectivity index (χ0n) is 9.87. The zero-order valence-corrected chi connectivity index (χ0v) is 12.0. The maximum absolute atomic E-state index is 3.61. The molecule has 0 saturated heterocycles. The van der Waals surface area contributed by atoms with Gasteiger partial charge in [-0.3, -0.25) is 0 Å². The minimum Gasteiger partial charge on any atom is -0.313 e. The molecule has 0 aromatic heterocycles. The maximum atomic E-state index is 3.61. The third kappa shape index (κ3) is 5.89. The van der Waals surface area contributed by atoms with Gasteiger partial charge in [0.15, 0.2) is 0 Å². The van der Waals surface area contributed by atoms with Crippen molar-refractivity contribution in [3.63, 3.8) is 0 Å². The molecule has 0 bridgehead atoms. The molecule has 0 fully saturated rings. The normalized spacial score (nSPS) is 15.9. The molecule has 1 N–H and O–H groups in total. The molecule has 0 amide bonds. The topological polar surface area (TPSA) is 12.0 Å². The van der Waals surface area contributed by atoms with E-state index < -0.39 is 0 Å². The summed E-state index contributed by atoms with van der Waals surface area (Å²) in [7, 11) is 0. The average Bonchev–Trinajstić information content (AvgIpc) is 1.98. The van der Waals surface area contributed by atoms with Crippen LogP contribution in [0.25, 0.3) is 0 Å². The fraction of sp³-hybridized carbons (Fsp3) is 1.00. The molecule has 0 radical (unpaired) electrons. The molecule has 80 valence electrons. The Morgan fingerprint density at radius 3 is 1.92 bits per heavy atom. The molecule has 0 aromatic carbocycles. The molecular formula is C11H24IN. The fourth-order valence-corrected chi connectivity index (χ4v) is 1.51. The van der Waals surface area contributed by atoms with Gasteiger partial charge in [0, 0.05) is 17.0 Å². The second-order valence-electron chi connectivity index (χ2n) is 5.79. The number of nitrogens with one attached hydrogen (secondary N) is 1. The van der Waals surface area contributed by atoms with Gasteiger partial charge in [0.05, 0.1) is 0 Å². The zero-order chi connectivity index (χ0) is 10.7. The Balaban J connectivity index is 3.95. The third-order valence-corrected chi connectivity index (χ3v) is 4.42. The summed E-state index contributed by atoms with van der Waals surface area (Å²) in [6.07, 6.45) is 0. The lowest BCUT2D eigenvalue weighted by molar-refractivity contribution is 0.261. The predicted octanol–water partition coefficient (Wildman–Crippen LogP) is 3.47. The molecule has 0 unspecified atom stereocenters. The van der Waals surface area contributed by atoms with Crippen molar-refractivity contribution < 1.29 is 0 Å². The number of halogens is 1. The van der Waals surface area contributed by atoms with Crippen LogP contribution in [0, 0.1) is 10.8 Å². The van der Waals surface area contributed by atoms with Crippen LogP contribution in [0.2, 0.25) is 0 Å². The van der Waals surface area contributed by atoms with Crippen LogP contribution in [0.3, 0.4) is 0 Å². The van der Waals surface area contributed by atoms with E-state index in [1.54, 1.807) is 0 Å². The van der Waals surface area contributed by atoms with Crippen LogP contribution >= 0.6 is 22.6 Å². The van der Waals surface area contributed by atoms with E-state index in [9.17, 15) is 0 Å². The molecular weight excluding hydrogens is 273 g/mol. The highest BCUT2D eigenvalue weighted by molar-refractivity contribution is 14.1. The summed E-state index contributed by atoms with van der Waals surface area (Å²) in [6, 6.07) is 0.587. The first-order valence-electron chi connectivity index (χ1n) is 4.98. The Morgan fingerprint density at radius 1 is 1.15 bits per heavy atom. The van der Waals surface area contributed by atoms with E-state index in [0.29, 0.717) is 16.9 Å². The van der Waals surface area contributed by atoms with Gasteiger partial charge >= 0.3 is 0 Å². The summed E-state index contributed by atoms with van der Waals surface area (Å²) >= 11 is 2.47. The SMILES string of the molecule is C[C@@H](NCC(C)(C)C)C(C)(C)CI. The van der Waals surface area contributed by atoms with E-state index in [4.69, 9.17) is 0 Å². The van der Waals surface area contributed by atoms with Crippen molar-refractivity contribution in [2.45, 2.75) is 47.6 Å². The summed E-state index contributed by atoms with van der Waals surface area (Å²) in [5, 5.41) is 3.61. The lowest BCUT2D eigenvalue weighted by atomic mass is 9.87. The van der Waals surface area contributed by atoms with Gasteiger partial charge in [-0.05, 0) is 17.8 Å². The monoisotopic (exact) mass is 297 g/mol. The molecule has 1 nitrogen and oxygen atoms in total. The molecule has 0 rings (SSSR count). The molecule has 0 aliphatic rings. The van der Waals surface area contributed by atoms with Gasteiger partial charge in [-0.15, -0.1) is 0 Å². The van der Waals surface area contributed by atoms with Crippen molar-refractivity contribution in [3.05, 3.63) is 0 Å². The lowest BCUT2D eigenvalue weighted by Gasteiger charge is -2.33. The molecule has 1 atom stereocenters. The fourth-order valence-electron chi connectivity index (χ4n) is 0.851. The largest absolute Gasteiger partial charge is 0.313 e. The van der Waals surface area contributed by atoms with E-state index in [2.05, 4.69) is 69.5 Å². The summed E-state index contributed by atoms with van der Waals surface area (Å²) in [6.45, 7) is 14.8. The first-order chi connectivity index (χ1) is 5.69. The van der Waals surface area contributed by atoms with Crippen LogP contribution in [0.4, 0.5) is 0 Å². The van der Waals surface area contributed by atoms with E-state index >= 15 is 0 Å². The average molecular weight is 297 g/mol. The molecule has 2 heteroatoms. The highest BCUT2D eigenvalue weighted by Gasteiger charge is 2.25. The molecule has 0 saturated carbocycles. The smallest absolute Gasteiger partial charge is 0.00974 e. The molecule has 0 spiro atoms. The van der Waals surface area contributed by atoms with Gasteiger partial charge in [0.2, 0.25) is 0 Å². The van der Waals surface area contributed by atoms with Crippen LogP contribution in [-0.2, 0) is 0 Å². The highest BCUT2D eigenvalue weighted by Crippen LogP contribution is 2.24. The Morgan fingerprint density at radius 2 is 1.62 bits per heavy atom.